The van der Waals surface area contributed by atoms with Crippen molar-refractivity contribution in [1.29, 1.82) is 0 Å². The third-order valence-electron chi connectivity index (χ3n) is 6.02. The molecule has 37 heavy (non-hydrogen) atoms. The van der Waals surface area contributed by atoms with Crippen LogP contribution in [-0.4, -0.2) is 39.8 Å². The Bertz CT molecular complexity index is 1640. The van der Waals surface area contributed by atoms with Gasteiger partial charge in [-0.1, -0.05) is 18.2 Å². The maximum absolute atomic E-state index is 13.6. The van der Waals surface area contributed by atoms with E-state index in [1.807, 2.05) is 73.8 Å². The van der Waals surface area contributed by atoms with E-state index in [0.717, 1.165) is 22.5 Å². The van der Waals surface area contributed by atoms with Crippen LogP contribution >= 0.6 is 11.3 Å². The van der Waals surface area contributed by atoms with E-state index >= 15 is 0 Å². The minimum absolute atomic E-state index is 0.0134. The zero-order valence-corrected chi connectivity index (χ0v) is 20.9. The number of rotatable bonds is 4. The molecule has 2 aliphatic rings. The molecule has 0 spiro atoms. The number of nitrogens with zero attached hydrogens (tertiary/aromatic N) is 5. The lowest BCUT2D eigenvalue weighted by molar-refractivity contribution is -0.118. The second-order valence-electron chi connectivity index (χ2n) is 8.82. The van der Waals surface area contributed by atoms with E-state index in [9.17, 15) is 9.59 Å². The van der Waals surface area contributed by atoms with Crippen LogP contribution in [0.3, 0.4) is 0 Å². The van der Waals surface area contributed by atoms with Gasteiger partial charge < -0.3 is 15.0 Å². The summed E-state index contributed by atoms with van der Waals surface area (Å²) in [6.45, 7) is 3.95. The topological polar surface area (TPSA) is 101 Å². The molecule has 0 aliphatic carbocycles. The highest BCUT2D eigenvalue weighted by Crippen LogP contribution is 2.34. The largest absolute Gasteiger partial charge is 0.482 e. The third-order valence-corrected chi connectivity index (χ3v) is 6.84. The summed E-state index contributed by atoms with van der Waals surface area (Å²) in [6, 6.07) is 16.8. The van der Waals surface area contributed by atoms with Crippen molar-refractivity contribution in [2.45, 2.75) is 19.9 Å². The molecule has 1 N–H and O–H groups in total. The summed E-state index contributed by atoms with van der Waals surface area (Å²) in [5.74, 6) is 0.223. The van der Waals surface area contributed by atoms with Crippen LogP contribution in [0.4, 0.5) is 17.1 Å². The summed E-state index contributed by atoms with van der Waals surface area (Å²) >= 11 is 1.39. The van der Waals surface area contributed by atoms with Gasteiger partial charge in [0.15, 0.2) is 12.3 Å². The van der Waals surface area contributed by atoms with Crippen LogP contribution in [0.2, 0.25) is 0 Å². The van der Waals surface area contributed by atoms with Crippen molar-refractivity contribution >= 4 is 45.9 Å². The van der Waals surface area contributed by atoms with Gasteiger partial charge in [-0.25, -0.2) is 9.67 Å². The lowest BCUT2D eigenvalue weighted by atomic mass is 10.1. The summed E-state index contributed by atoms with van der Waals surface area (Å²) in [4.78, 5) is 36.7. The Morgan fingerprint density at radius 1 is 1.11 bits per heavy atom. The SMILES string of the molecule is CC(C)N1C(=O)C(=Nn2c(-c3ccc4c(c3)NC(=O)CO4)csc2=Nc2cccnc2)c2ccccc21. The van der Waals surface area contributed by atoms with Crippen molar-refractivity contribution in [2.24, 2.45) is 10.1 Å². The molecule has 0 saturated carbocycles. The van der Waals surface area contributed by atoms with Crippen molar-refractivity contribution in [3.63, 3.8) is 0 Å². The zero-order valence-electron chi connectivity index (χ0n) is 20.1. The van der Waals surface area contributed by atoms with Crippen LogP contribution in [0.25, 0.3) is 11.3 Å². The normalized spacial score (nSPS) is 16.1. The van der Waals surface area contributed by atoms with E-state index in [1.165, 1.54) is 11.3 Å². The minimum atomic E-state index is -0.211. The van der Waals surface area contributed by atoms with Gasteiger partial charge in [-0.2, -0.15) is 5.10 Å². The molecule has 0 unspecified atom stereocenters. The number of amides is 2. The standard InChI is InChI=1S/C27H22N6O3S/c1-16(2)32-21-8-4-3-7-19(21)25(26(32)35)31-33-22(15-37-27(33)29-18-6-5-11-28-13-18)17-9-10-23-20(12-17)30-24(34)14-36-23/h3-13,15-16H,14H2,1-2H3,(H,30,34). The summed E-state index contributed by atoms with van der Waals surface area (Å²) in [7, 11) is 0. The average Bonchev–Trinajstić information content (AvgIpc) is 3.42. The number of thiazole rings is 1. The van der Waals surface area contributed by atoms with Gasteiger partial charge in [0.25, 0.3) is 11.8 Å². The van der Waals surface area contributed by atoms with E-state index in [2.05, 4.69) is 10.3 Å². The number of carbonyl (C=O) groups is 2. The summed E-state index contributed by atoms with van der Waals surface area (Å²) in [5.41, 5.74) is 4.69. The van der Waals surface area contributed by atoms with Gasteiger partial charge in [-0.15, -0.1) is 11.3 Å². The molecule has 10 heteroatoms. The highest BCUT2D eigenvalue weighted by Gasteiger charge is 2.35. The van der Waals surface area contributed by atoms with Crippen LogP contribution in [0.15, 0.2) is 82.5 Å². The molecule has 2 aromatic heterocycles. The second-order valence-corrected chi connectivity index (χ2v) is 9.66. The Kier molecular flexibility index (Phi) is 5.65. The Balaban J connectivity index is 1.56. The van der Waals surface area contributed by atoms with Gasteiger partial charge in [0.2, 0.25) is 4.80 Å². The Labute approximate surface area is 216 Å². The molecule has 0 bridgehead atoms. The number of hydrogen-bond acceptors (Lipinski definition) is 7. The molecule has 4 heterocycles. The van der Waals surface area contributed by atoms with Crippen molar-refractivity contribution in [2.75, 3.05) is 16.8 Å². The van der Waals surface area contributed by atoms with Crippen molar-refractivity contribution in [1.82, 2.24) is 9.66 Å². The number of aromatic nitrogens is 2. The van der Waals surface area contributed by atoms with Gasteiger partial charge in [0.05, 0.1) is 29.0 Å². The molecule has 2 aliphatic heterocycles. The average molecular weight is 511 g/mol. The molecule has 0 fully saturated rings. The first-order valence-corrected chi connectivity index (χ1v) is 12.6. The predicted octanol–water partition coefficient (Wildman–Crippen LogP) is 4.18. The van der Waals surface area contributed by atoms with Crippen LogP contribution < -0.4 is 19.8 Å². The fraction of sp³-hybridized carbons (Fsp3) is 0.148. The second kappa shape index (κ2) is 9.14. The summed E-state index contributed by atoms with van der Waals surface area (Å²) < 4.78 is 7.20. The molecule has 184 valence electrons. The molecule has 0 radical (unpaired) electrons. The summed E-state index contributed by atoms with van der Waals surface area (Å²) in [6.07, 6.45) is 3.35. The van der Waals surface area contributed by atoms with Gasteiger partial charge in [-0.3, -0.25) is 14.6 Å². The van der Waals surface area contributed by atoms with Crippen LogP contribution in [-0.2, 0) is 9.59 Å². The molecule has 6 rings (SSSR count). The number of para-hydroxylation sites is 1. The van der Waals surface area contributed by atoms with E-state index in [4.69, 9.17) is 14.8 Å². The van der Waals surface area contributed by atoms with Crippen LogP contribution in [0, 0.1) is 0 Å². The number of nitrogens with one attached hydrogen (secondary N) is 1. The first-order valence-electron chi connectivity index (χ1n) is 11.7. The summed E-state index contributed by atoms with van der Waals surface area (Å²) in [5, 5.41) is 9.67. The maximum Gasteiger partial charge on any atom is 0.279 e. The molecule has 0 saturated heterocycles. The van der Waals surface area contributed by atoms with Crippen LogP contribution in [0.5, 0.6) is 5.75 Å². The molecule has 2 aromatic carbocycles. The Morgan fingerprint density at radius 2 is 1.97 bits per heavy atom. The van der Waals surface area contributed by atoms with E-state index in [0.29, 0.717) is 27.6 Å². The molecule has 4 aromatic rings. The number of ether oxygens (including phenoxy) is 1. The lowest BCUT2D eigenvalue weighted by Crippen LogP contribution is -2.36. The number of pyridine rings is 1. The van der Waals surface area contributed by atoms with Gasteiger partial charge >= 0.3 is 0 Å². The van der Waals surface area contributed by atoms with Crippen molar-refractivity contribution < 1.29 is 14.3 Å². The minimum Gasteiger partial charge on any atom is -0.482 e. The zero-order chi connectivity index (χ0) is 25.5. The molecular formula is C27H22N6O3S. The van der Waals surface area contributed by atoms with Crippen LogP contribution in [0.1, 0.15) is 19.4 Å². The highest BCUT2D eigenvalue weighted by molar-refractivity contribution is 7.07. The lowest BCUT2D eigenvalue weighted by Gasteiger charge is -2.21. The predicted molar refractivity (Wildman–Crippen MR) is 142 cm³/mol. The first-order chi connectivity index (χ1) is 18.0. The molecule has 2 amide bonds. The number of carbonyl (C=O) groups excluding carboxylic acids is 2. The smallest absolute Gasteiger partial charge is 0.279 e. The monoisotopic (exact) mass is 510 g/mol. The number of anilines is 2. The number of fused-ring (bicyclic) bond motifs is 2. The fourth-order valence-corrected chi connectivity index (χ4v) is 5.23. The highest BCUT2D eigenvalue weighted by atomic mass is 32.1. The van der Waals surface area contributed by atoms with E-state index in [1.54, 1.807) is 22.0 Å². The van der Waals surface area contributed by atoms with E-state index < -0.39 is 0 Å². The van der Waals surface area contributed by atoms with Crippen molar-refractivity contribution in [3.8, 4) is 17.0 Å². The van der Waals surface area contributed by atoms with Gasteiger partial charge in [-0.05, 0) is 50.2 Å². The first kappa shape index (κ1) is 22.9. The van der Waals surface area contributed by atoms with Gasteiger partial charge in [0, 0.05) is 28.7 Å². The number of benzene rings is 2. The quantitative estimate of drug-likeness (QED) is 0.445. The van der Waals surface area contributed by atoms with Crippen molar-refractivity contribution in [3.05, 3.63) is 82.7 Å². The Morgan fingerprint density at radius 3 is 2.78 bits per heavy atom. The van der Waals surface area contributed by atoms with Gasteiger partial charge in [0.1, 0.15) is 5.75 Å². The molecule has 9 nitrogen and oxygen atoms in total. The molecular weight excluding hydrogens is 488 g/mol. The fourth-order valence-electron chi connectivity index (χ4n) is 4.38. The number of hydrogen-bond donors (Lipinski definition) is 1. The Hall–Kier alpha value is -4.57. The maximum atomic E-state index is 13.6. The molecule has 0 atom stereocenters. The third kappa shape index (κ3) is 4.11. The van der Waals surface area contributed by atoms with E-state index in [-0.39, 0.29) is 24.5 Å².